The van der Waals surface area contributed by atoms with Gasteiger partial charge in [-0.1, -0.05) is 0 Å². The van der Waals surface area contributed by atoms with E-state index in [9.17, 15) is 13.6 Å². The zero-order chi connectivity index (χ0) is 13.5. The predicted molar refractivity (Wildman–Crippen MR) is 65.5 cm³/mol. The Morgan fingerprint density at radius 1 is 1.61 bits per heavy atom. The van der Waals surface area contributed by atoms with Crippen LogP contribution in [0.15, 0.2) is 4.99 Å². The number of carbonyl (C=O) groups is 1. The van der Waals surface area contributed by atoms with Crippen LogP contribution in [0.25, 0.3) is 0 Å². The van der Waals surface area contributed by atoms with Crippen molar-refractivity contribution in [1.29, 1.82) is 0 Å². The van der Waals surface area contributed by atoms with E-state index in [1.807, 2.05) is 4.90 Å². The summed E-state index contributed by atoms with van der Waals surface area (Å²) in [6.45, 7) is 0.980. The molecule has 0 spiro atoms. The van der Waals surface area contributed by atoms with Crippen LogP contribution < -0.4 is 11.1 Å². The number of guanidine groups is 1. The summed E-state index contributed by atoms with van der Waals surface area (Å²) in [5.74, 6) is 0.322. The summed E-state index contributed by atoms with van der Waals surface area (Å²) in [5.41, 5.74) is 5.17. The molecule has 0 aromatic heterocycles. The van der Waals surface area contributed by atoms with Crippen molar-refractivity contribution in [2.45, 2.75) is 25.7 Å². The first kappa shape index (κ1) is 14.7. The van der Waals surface area contributed by atoms with Gasteiger partial charge in [0.15, 0.2) is 5.96 Å². The van der Waals surface area contributed by atoms with E-state index in [0.29, 0.717) is 18.9 Å². The Labute approximate surface area is 105 Å². The van der Waals surface area contributed by atoms with E-state index >= 15 is 0 Å². The van der Waals surface area contributed by atoms with Crippen molar-refractivity contribution in [2.24, 2.45) is 16.6 Å². The number of alkyl halides is 2. The molecule has 1 saturated heterocycles. The molecule has 0 aromatic carbocycles. The molecule has 1 unspecified atom stereocenters. The van der Waals surface area contributed by atoms with Crippen molar-refractivity contribution in [2.75, 3.05) is 26.7 Å². The minimum absolute atomic E-state index is 0.182. The van der Waals surface area contributed by atoms with Crippen molar-refractivity contribution in [3.8, 4) is 0 Å². The van der Waals surface area contributed by atoms with E-state index in [-0.39, 0.29) is 11.8 Å². The van der Waals surface area contributed by atoms with E-state index in [2.05, 4.69) is 10.3 Å². The van der Waals surface area contributed by atoms with Gasteiger partial charge < -0.3 is 16.0 Å². The minimum Gasteiger partial charge on any atom is -0.370 e. The van der Waals surface area contributed by atoms with Gasteiger partial charge in [-0.15, -0.1) is 0 Å². The number of nitrogens with zero attached hydrogens (tertiary/aromatic N) is 2. The van der Waals surface area contributed by atoms with Crippen molar-refractivity contribution < 1.29 is 13.6 Å². The van der Waals surface area contributed by atoms with E-state index in [1.165, 1.54) is 0 Å². The third-order valence-electron chi connectivity index (χ3n) is 2.93. The molecule has 1 heterocycles. The number of amides is 1. The molecule has 0 aromatic rings. The largest absolute Gasteiger partial charge is 0.370 e. The molecule has 18 heavy (non-hydrogen) atoms. The third-order valence-corrected chi connectivity index (χ3v) is 2.93. The summed E-state index contributed by atoms with van der Waals surface area (Å²) in [7, 11) is 1.56. The fraction of sp³-hybridized carbons (Fsp3) is 0.818. The monoisotopic (exact) mass is 262 g/mol. The highest BCUT2D eigenvalue weighted by Crippen LogP contribution is 2.19. The van der Waals surface area contributed by atoms with Crippen LogP contribution in [0.3, 0.4) is 0 Å². The maximum absolute atomic E-state index is 12.2. The number of hydrogen-bond donors (Lipinski definition) is 2. The Bertz CT molecular complexity index is 309. The topological polar surface area (TPSA) is 70.7 Å². The molecule has 5 nitrogen and oxygen atoms in total. The minimum atomic E-state index is -2.41. The van der Waals surface area contributed by atoms with Crippen LogP contribution in [-0.2, 0) is 4.79 Å². The molecule has 1 fully saturated rings. The molecule has 1 rings (SSSR count). The van der Waals surface area contributed by atoms with Gasteiger partial charge in [-0.3, -0.25) is 9.79 Å². The Morgan fingerprint density at radius 3 is 2.89 bits per heavy atom. The van der Waals surface area contributed by atoms with Crippen molar-refractivity contribution in [1.82, 2.24) is 10.2 Å². The standard InChI is InChI=1S/C11H20F2N4O/c1-15-11(16-6-9(12)13)17-4-2-3-8(7-17)5-10(14)18/h8-9H,2-7H2,1H3,(H2,14,18)(H,15,16). The number of likely N-dealkylation sites (tertiary alicyclic amines) is 1. The van der Waals surface area contributed by atoms with Gasteiger partial charge in [-0.25, -0.2) is 8.78 Å². The molecule has 0 saturated carbocycles. The second-order valence-electron chi connectivity index (χ2n) is 4.44. The molecule has 0 bridgehead atoms. The predicted octanol–water partition coefficient (Wildman–Crippen LogP) is 0.414. The number of carbonyl (C=O) groups excluding carboxylic acids is 1. The molecular weight excluding hydrogens is 242 g/mol. The average Bonchev–Trinajstić information content (AvgIpc) is 2.29. The summed E-state index contributed by atoms with van der Waals surface area (Å²) in [6.07, 6.45) is -0.228. The molecule has 1 amide bonds. The molecule has 104 valence electrons. The first-order chi connectivity index (χ1) is 8.52. The molecule has 7 heteroatoms. The highest BCUT2D eigenvalue weighted by atomic mass is 19.3. The third kappa shape index (κ3) is 4.85. The summed E-state index contributed by atoms with van der Waals surface area (Å²) < 4.78 is 24.3. The van der Waals surface area contributed by atoms with Crippen LogP contribution in [0, 0.1) is 5.92 Å². The van der Waals surface area contributed by atoms with Crippen LogP contribution in [0.4, 0.5) is 8.78 Å². The second kappa shape index (κ2) is 7.13. The molecule has 0 aliphatic carbocycles. The summed E-state index contributed by atoms with van der Waals surface area (Å²) in [5, 5.41) is 2.62. The quantitative estimate of drug-likeness (QED) is 0.569. The number of primary amides is 1. The number of piperidine rings is 1. The Hall–Kier alpha value is -1.40. The van der Waals surface area contributed by atoms with Gasteiger partial charge in [0.05, 0.1) is 6.54 Å². The number of halogens is 2. The fourth-order valence-corrected chi connectivity index (χ4v) is 2.21. The lowest BCUT2D eigenvalue weighted by atomic mass is 9.95. The van der Waals surface area contributed by atoms with Gasteiger partial charge in [0.25, 0.3) is 6.43 Å². The lowest BCUT2D eigenvalue weighted by Gasteiger charge is -2.34. The van der Waals surface area contributed by atoms with Gasteiger partial charge in [0, 0.05) is 26.6 Å². The molecule has 3 N–H and O–H groups in total. The fourth-order valence-electron chi connectivity index (χ4n) is 2.21. The van der Waals surface area contributed by atoms with Gasteiger partial charge in [0.2, 0.25) is 5.91 Å². The molecule has 1 atom stereocenters. The molecule has 1 aliphatic rings. The normalized spacial score (nSPS) is 21.2. The summed E-state index contributed by atoms with van der Waals surface area (Å²) >= 11 is 0. The highest BCUT2D eigenvalue weighted by molar-refractivity contribution is 5.80. The van der Waals surface area contributed by atoms with Crippen molar-refractivity contribution in [3.05, 3.63) is 0 Å². The molecule has 1 aliphatic heterocycles. The molecule has 0 radical (unpaired) electrons. The Morgan fingerprint density at radius 2 is 2.33 bits per heavy atom. The summed E-state index contributed by atoms with van der Waals surface area (Å²) in [4.78, 5) is 16.8. The van der Waals surface area contributed by atoms with Gasteiger partial charge in [-0.2, -0.15) is 0 Å². The van der Waals surface area contributed by atoms with Crippen LogP contribution >= 0.6 is 0 Å². The lowest BCUT2D eigenvalue weighted by Crippen LogP contribution is -2.48. The van der Waals surface area contributed by atoms with Gasteiger partial charge in [-0.05, 0) is 18.8 Å². The number of aliphatic imine (C=N–C) groups is 1. The lowest BCUT2D eigenvalue weighted by molar-refractivity contribution is -0.119. The number of nitrogens with two attached hydrogens (primary N) is 1. The number of nitrogens with one attached hydrogen (secondary N) is 1. The van der Waals surface area contributed by atoms with Gasteiger partial charge >= 0.3 is 0 Å². The second-order valence-corrected chi connectivity index (χ2v) is 4.44. The van der Waals surface area contributed by atoms with Crippen LogP contribution in [0.2, 0.25) is 0 Å². The zero-order valence-electron chi connectivity index (χ0n) is 10.5. The maximum Gasteiger partial charge on any atom is 0.255 e. The SMILES string of the molecule is CN=C(NCC(F)F)N1CCCC(CC(N)=O)C1. The summed E-state index contributed by atoms with van der Waals surface area (Å²) in [6, 6.07) is 0. The van der Waals surface area contributed by atoms with E-state index in [0.717, 1.165) is 19.4 Å². The maximum atomic E-state index is 12.2. The van der Waals surface area contributed by atoms with Crippen molar-refractivity contribution >= 4 is 11.9 Å². The first-order valence-electron chi connectivity index (χ1n) is 6.05. The van der Waals surface area contributed by atoms with E-state index < -0.39 is 13.0 Å². The average molecular weight is 262 g/mol. The van der Waals surface area contributed by atoms with Crippen molar-refractivity contribution in [3.63, 3.8) is 0 Å². The van der Waals surface area contributed by atoms with E-state index in [1.54, 1.807) is 7.05 Å². The highest BCUT2D eigenvalue weighted by Gasteiger charge is 2.23. The van der Waals surface area contributed by atoms with Crippen LogP contribution in [0.5, 0.6) is 0 Å². The van der Waals surface area contributed by atoms with Crippen LogP contribution in [0.1, 0.15) is 19.3 Å². The Balaban J connectivity index is 2.50. The van der Waals surface area contributed by atoms with Gasteiger partial charge in [0.1, 0.15) is 0 Å². The zero-order valence-corrected chi connectivity index (χ0v) is 10.5. The smallest absolute Gasteiger partial charge is 0.255 e. The van der Waals surface area contributed by atoms with Crippen LogP contribution in [-0.4, -0.2) is 49.9 Å². The molecular formula is C11H20F2N4O. The first-order valence-corrected chi connectivity index (χ1v) is 6.05. The number of hydrogen-bond acceptors (Lipinski definition) is 2. The number of rotatable bonds is 4. The Kier molecular flexibility index (Phi) is 5.80. The van der Waals surface area contributed by atoms with E-state index in [4.69, 9.17) is 5.73 Å².